The van der Waals surface area contributed by atoms with Crippen molar-refractivity contribution in [3.8, 4) is 0 Å². The van der Waals surface area contributed by atoms with Crippen molar-refractivity contribution >= 4 is 27.4 Å². The first-order chi connectivity index (χ1) is 16.4. The standard InChI is InChI=1S/C24H27N5O4S.H2/c30-22(11-6-19-4-2-1-3-5-19)24(31)29-16-14-28(15-17-29)20-7-9-21(10-8-20)34(32,33)27-23-12-13-25-18-26-23;/h1-5,7-10,12-13,18,22,30H,6,11,14-17H2,(H,25,26,27);1H/t22-;/m1./s1. The zero-order valence-corrected chi connectivity index (χ0v) is 19.4. The molecule has 0 saturated carbocycles. The van der Waals surface area contributed by atoms with Gasteiger partial charge in [0, 0.05) is 39.5 Å². The summed E-state index contributed by atoms with van der Waals surface area (Å²) < 4.78 is 27.5. The molecule has 1 aliphatic rings. The molecule has 0 spiro atoms. The highest BCUT2D eigenvalue weighted by Crippen LogP contribution is 2.21. The van der Waals surface area contributed by atoms with Gasteiger partial charge in [0.1, 0.15) is 18.2 Å². The summed E-state index contributed by atoms with van der Waals surface area (Å²) >= 11 is 0. The number of piperazine rings is 1. The first-order valence-corrected chi connectivity index (χ1v) is 12.6. The van der Waals surface area contributed by atoms with Gasteiger partial charge < -0.3 is 14.9 Å². The zero-order chi connectivity index (χ0) is 24.0. The Balaban J connectivity index is 0.00000342. The lowest BCUT2D eigenvalue weighted by atomic mass is 10.1. The van der Waals surface area contributed by atoms with Crippen LogP contribution >= 0.6 is 0 Å². The minimum absolute atomic E-state index is 0. The number of rotatable bonds is 8. The fourth-order valence-electron chi connectivity index (χ4n) is 3.85. The van der Waals surface area contributed by atoms with Crippen LogP contribution in [-0.4, -0.2) is 66.6 Å². The van der Waals surface area contributed by atoms with Crippen molar-refractivity contribution in [3.05, 3.63) is 78.8 Å². The van der Waals surface area contributed by atoms with Gasteiger partial charge in [0.2, 0.25) is 0 Å². The zero-order valence-electron chi connectivity index (χ0n) is 18.6. The number of amides is 1. The van der Waals surface area contributed by atoms with Gasteiger partial charge in [-0.15, -0.1) is 0 Å². The fraction of sp³-hybridized carbons (Fsp3) is 0.292. The third-order valence-electron chi connectivity index (χ3n) is 5.76. The molecule has 34 heavy (non-hydrogen) atoms. The topological polar surface area (TPSA) is 116 Å². The lowest BCUT2D eigenvalue weighted by Crippen LogP contribution is -2.51. The molecule has 3 aromatic rings. The first-order valence-electron chi connectivity index (χ1n) is 11.1. The molecule has 1 aromatic heterocycles. The Labute approximate surface area is 200 Å². The summed E-state index contributed by atoms with van der Waals surface area (Å²) in [4.78, 5) is 24.2. The van der Waals surface area contributed by atoms with Gasteiger partial charge in [-0.2, -0.15) is 0 Å². The van der Waals surface area contributed by atoms with E-state index >= 15 is 0 Å². The Morgan fingerprint density at radius 2 is 1.74 bits per heavy atom. The van der Waals surface area contributed by atoms with Gasteiger partial charge in [-0.25, -0.2) is 18.4 Å². The molecule has 0 radical (unpaired) electrons. The molecule has 2 N–H and O–H groups in total. The van der Waals surface area contributed by atoms with Crippen LogP contribution in [0.15, 0.2) is 78.1 Å². The number of sulfonamides is 1. The summed E-state index contributed by atoms with van der Waals surface area (Å²) in [5, 5.41) is 10.4. The van der Waals surface area contributed by atoms with Gasteiger partial charge in [-0.05, 0) is 48.7 Å². The van der Waals surface area contributed by atoms with E-state index in [4.69, 9.17) is 0 Å². The fourth-order valence-corrected chi connectivity index (χ4v) is 4.86. The van der Waals surface area contributed by atoms with Crippen molar-refractivity contribution in [1.29, 1.82) is 0 Å². The molecule has 180 valence electrons. The Morgan fingerprint density at radius 1 is 1.03 bits per heavy atom. The maximum absolute atomic E-state index is 12.6. The van der Waals surface area contributed by atoms with E-state index in [1.165, 1.54) is 18.6 Å². The lowest BCUT2D eigenvalue weighted by Gasteiger charge is -2.37. The van der Waals surface area contributed by atoms with E-state index in [9.17, 15) is 18.3 Å². The number of hydrogen-bond acceptors (Lipinski definition) is 7. The van der Waals surface area contributed by atoms with Crippen molar-refractivity contribution in [2.24, 2.45) is 0 Å². The Bertz CT molecular complexity index is 1190. The summed E-state index contributed by atoms with van der Waals surface area (Å²) in [5.41, 5.74) is 1.97. The molecule has 1 aliphatic heterocycles. The van der Waals surface area contributed by atoms with Gasteiger partial charge in [0.05, 0.1) is 4.90 Å². The van der Waals surface area contributed by atoms with Gasteiger partial charge in [0.15, 0.2) is 0 Å². The second kappa shape index (κ2) is 10.6. The number of benzene rings is 2. The van der Waals surface area contributed by atoms with E-state index in [-0.39, 0.29) is 18.0 Å². The third-order valence-corrected chi connectivity index (χ3v) is 7.13. The molecule has 10 heteroatoms. The molecule has 4 rings (SSSR count). The highest BCUT2D eigenvalue weighted by atomic mass is 32.2. The number of carbonyl (C=O) groups excluding carboxylic acids is 1. The van der Waals surface area contributed by atoms with Gasteiger partial charge in [-0.3, -0.25) is 9.52 Å². The maximum atomic E-state index is 12.6. The summed E-state index contributed by atoms with van der Waals surface area (Å²) in [5.74, 6) is -0.0429. The quantitative estimate of drug-likeness (QED) is 0.504. The molecule has 9 nitrogen and oxygen atoms in total. The molecule has 1 atom stereocenters. The number of anilines is 2. The number of aliphatic hydroxyl groups excluding tert-OH is 1. The Kier molecular flexibility index (Phi) is 7.39. The van der Waals surface area contributed by atoms with Crippen LogP contribution in [0.25, 0.3) is 0 Å². The molecule has 0 bridgehead atoms. The third kappa shape index (κ3) is 5.89. The van der Waals surface area contributed by atoms with Crippen LogP contribution in [-0.2, 0) is 21.2 Å². The number of aryl methyl sites for hydroxylation is 1. The molecule has 2 aromatic carbocycles. The summed E-state index contributed by atoms with van der Waals surface area (Å²) in [7, 11) is -3.76. The van der Waals surface area contributed by atoms with Crippen molar-refractivity contribution in [2.75, 3.05) is 35.8 Å². The predicted octanol–water partition coefficient (Wildman–Crippen LogP) is 2.17. The van der Waals surface area contributed by atoms with E-state index in [1.807, 2.05) is 30.3 Å². The van der Waals surface area contributed by atoms with Gasteiger partial charge in [-0.1, -0.05) is 30.3 Å². The molecule has 0 unspecified atom stereocenters. The molecule has 1 amide bonds. The van der Waals surface area contributed by atoms with E-state index in [2.05, 4.69) is 19.6 Å². The SMILES string of the molecule is O=C([C@H](O)CCc1ccccc1)N1CCN(c2ccc(S(=O)(=O)Nc3ccncn3)cc2)CC1.[HH]. The summed E-state index contributed by atoms with van der Waals surface area (Å²) in [6.45, 7) is 2.19. The molecular formula is C24H29N5O4S. The highest BCUT2D eigenvalue weighted by molar-refractivity contribution is 7.92. The molecule has 2 heterocycles. The normalized spacial score (nSPS) is 15.1. The van der Waals surface area contributed by atoms with Gasteiger partial charge >= 0.3 is 0 Å². The van der Waals surface area contributed by atoms with Gasteiger partial charge in [0.25, 0.3) is 15.9 Å². The molecular weight excluding hydrogens is 454 g/mol. The van der Waals surface area contributed by atoms with Crippen LogP contribution in [0, 0.1) is 0 Å². The van der Waals surface area contributed by atoms with Crippen LogP contribution in [0.4, 0.5) is 11.5 Å². The smallest absolute Gasteiger partial charge is 0.263 e. The molecule has 1 fully saturated rings. The minimum Gasteiger partial charge on any atom is -0.383 e. The number of aliphatic hydroxyl groups is 1. The van der Waals surface area contributed by atoms with Crippen molar-refractivity contribution in [3.63, 3.8) is 0 Å². The Morgan fingerprint density at radius 3 is 2.38 bits per heavy atom. The second-order valence-electron chi connectivity index (χ2n) is 8.05. The monoisotopic (exact) mass is 483 g/mol. The summed E-state index contributed by atoms with van der Waals surface area (Å²) in [6.07, 6.45) is 2.75. The largest absolute Gasteiger partial charge is 0.383 e. The maximum Gasteiger partial charge on any atom is 0.263 e. The lowest BCUT2D eigenvalue weighted by molar-refractivity contribution is -0.140. The number of aromatic nitrogens is 2. The summed E-state index contributed by atoms with van der Waals surface area (Å²) in [6, 6.07) is 17.9. The van der Waals surface area contributed by atoms with Crippen LogP contribution in [0.5, 0.6) is 0 Å². The van der Waals surface area contributed by atoms with E-state index in [0.717, 1.165) is 11.3 Å². The van der Waals surface area contributed by atoms with E-state index < -0.39 is 16.1 Å². The first kappa shape index (κ1) is 23.7. The number of nitrogens with zero attached hydrogens (tertiary/aromatic N) is 4. The second-order valence-corrected chi connectivity index (χ2v) is 9.73. The van der Waals surface area contributed by atoms with Crippen molar-refractivity contribution in [2.45, 2.75) is 23.8 Å². The van der Waals surface area contributed by atoms with Crippen LogP contribution in [0.2, 0.25) is 0 Å². The van der Waals surface area contributed by atoms with Crippen molar-refractivity contribution < 1.29 is 19.7 Å². The van der Waals surface area contributed by atoms with Crippen molar-refractivity contribution in [1.82, 2.24) is 14.9 Å². The highest BCUT2D eigenvalue weighted by Gasteiger charge is 2.26. The number of hydrogen-bond donors (Lipinski definition) is 2. The molecule has 0 aliphatic carbocycles. The molecule has 1 saturated heterocycles. The van der Waals surface area contributed by atoms with Crippen LogP contribution in [0.3, 0.4) is 0 Å². The van der Waals surface area contributed by atoms with E-state index in [1.54, 1.807) is 29.2 Å². The predicted molar refractivity (Wildman–Crippen MR) is 131 cm³/mol. The average molecular weight is 484 g/mol. The number of carbonyl (C=O) groups is 1. The number of nitrogens with one attached hydrogen (secondary N) is 1. The average Bonchev–Trinajstić information content (AvgIpc) is 2.88. The van der Waals surface area contributed by atoms with Crippen LogP contribution in [0.1, 0.15) is 13.4 Å². The van der Waals surface area contributed by atoms with E-state index in [0.29, 0.717) is 39.0 Å². The van der Waals surface area contributed by atoms with Crippen LogP contribution < -0.4 is 9.62 Å². The minimum atomic E-state index is -3.76. The Hall–Kier alpha value is -3.50.